The molecule has 0 fully saturated rings. The highest BCUT2D eigenvalue weighted by molar-refractivity contribution is 9.10. The van der Waals surface area contributed by atoms with Gasteiger partial charge in [-0.15, -0.1) is 0 Å². The third-order valence-corrected chi connectivity index (χ3v) is 5.06. The lowest BCUT2D eigenvalue weighted by atomic mass is 10.4. The number of nitrogens with zero attached hydrogens (tertiary/aromatic N) is 1. The first-order chi connectivity index (χ1) is 10.5. The summed E-state index contributed by atoms with van der Waals surface area (Å²) in [7, 11) is -1.66. The quantitative estimate of drug-likeness (QED) is 0.398. The molecule has 0 aliphatic rings. The average molecular weight is 392 g/mol. The molecule has 0 heterocycles. The van der Waals surface area contributed by atoms with Crippen molar-refractivity contribution < 1.29 is 13.2 Å². The van der Waals surface area contributed by atoms with E-state index in [1.165, 1.54) is 0 Å². The summed E-state index contributed by atoms with van der Waals surface area (Å²) in [6, 6.07) is 6.62. The van der Waals surface area contributed by atoms with Crippen molar-refractivity contribution in [3.8, 4) is 0 Å². The summed E-state index contributed by atoms with van der Waals surface area (Å²) >= 11 is 3.29. The molecule has 6 nitrogen and oxygen atoms in total. The molecule has 0 aliphatic carbocycles. The van der Waals surface area contributed by atoms with Crippen LogP contribution in [0.4, 0.5) is 0 Å². The van der Waals surface area contributed by atoms with Crippen molar-refractivity contribution in [2.75, 3.05) is 39.1 Å². The Morgan fingerprint density at radius 1 is 1.23 bits per heavy atom. The van der Waals surface area contributed by atoms with Crippen LogP contribution in [0.2, 0.25) is 0 Å². The highest BCUT2D eigenvalue weighted by Gasteiger charge is 2.14. The number of benzene rings is 1. The van der Waals surface area contributed by atoms with Gasteiger partial charge in [-0.3, -0.25) is 4.99 Å². The number of nitrogens with one attached hydrogen (secondary N) is 2. The number of sulfone groups is 1. The number of hydrogen-bond acceptors (Lipinski definition) is 4. The second-order valence-electron chi connectivity index (χ2n) is 4.40. The number of halogens is 1. The van der Waals surface area contributed by atoms with Gasteiger partial charge in [-0.2, -0.15) is 0 Å². The van der Waals surface area contributed by atoms with Gasteiger partial charge in [0.25, 0.3) is 0 Å². The summed E-state index contributed by atoms with van der Waals surface area (Å²) in [5.41, 5.74) is 0. The molecular weight excluding hydrogens is 370 g/mol. The zero-order valence-electron chi connectivity index (χ0n) is 12.8. The van der Waals surface area contributed by atoms with Crippen LogP contribution in [-0.4, -0.2) is 53.5 Å². The third kappa shape index (κ3) is 6.76. The fourth-order valence-corrected chi connectivity index (χ4v) is 3.09. The second-order valence-corrected chi connectivity index (χ2v) is 7.42. The molecule has 1 aromatic rings. The third-order valence-electron chi connectivity index (χ3n) is 2.80. The number of ether oxygens (including phenoxy) is 1. The van der Waals surface area contributed by atoms with Gasteiger partial charge in [0.05, 0.1) is 17.3 Å². The number of aliphatic imine (C=N–C) groups is 1. The van der Waals surface area contributed by atoms with Crippen LogP contribution in [0.1, 0.15) is 6.92 Å². The molecule has 0 aromatic heterocycles. The normalized spacial score (nSPS) is 12.2. The van der Waals surface area contributed by atoms with Gasteiger partial charge < -0.3 is 15.4 Å². The number of hydrogen-bond donors (Lipinski definition) is 2. The SMILES string of the molecule is CCOCCNC(=NC)NCCS(=O)(=O)c1ccc(Br)cc1. The van der Waals surface area contributed by atoms with Crippen LogP contribution in [0, 0.1) is 0 Å². The van der Waals surface area contributed by atoms with Gasteiger partial charge in [-0.25, -0.2) is 8.42 Å². The molecule has 0 bridgehead atoms. The van der Waals surface area contributed by atoms with Crippen LogP contribution in [-0.2, 0) is 14.6 Å². The van der Waals surface area contributed by atoms with Gasteiger partial charge >= 0.3 is 0 Å². The average Bonchev–Trinajstić information content (AvgIpc) is 2.50. The van der Waals surface area contributed by atoms with E-state index in [1.807, 2.05) is 6.92 Å². The summed E-state index contributed by atoms with van der Waals surface area (Å²) in [5, 5.41) is 6.03. The summed E-state index contributed by atoms with van der Waals surface area (Å²) in [5.74, 6) is 0.562. The summed E-state index contributed by atoms with van der Waals surface area (Å²) in [4.78, 5) is 4.34. The molecule has 0 atom stereocenters. The van der Waals surface area contributed by atoms with Crippen LogP contribution < -0.4 is 10.6 Å². The number of rotatable bonds is 8. The minimum absolute atomic E-state index is 0.000786. The standard InChI is InChI=1S/C14H22BrN3O3S/c1-3-21-10-8-17-14(16-2)18-9-11-22(19,20)13-6-4-12(15)5-7-13/h4-7H,3,8-11H2,1-2H3,(H2,16,17,18). The van der Waals surface area contributed by atoms with Crippen LogP contribution in [0.5, 0.6) is 0 Å². The molecule has 0 radical (unpaired) electrons. The molecule has 1 aromatic carbocycles. The molecule has 1 rings (SSSR count). The largest absolute Gasteiger partial charge is 0.380 e. The molecule has 0 amide bonds. The van der Waals surface area contributed by atoms with Gasteiger partial charge in [-0.1, -0.05) is 15.9 Å². The molecule has 22 heavy (non-hydrogen) atoms. The monoisotopic (exact) mass is 391 g/mol. The van der Waals surface area contributed by atoms with E-state index in [-0.39, 0.29) is 12.3 Å². The Labute approximate surface area is 140 Å². The lowest BCUT2D eigenvalue weighted by Gasteiger charge is -2.12. The van der Waals surface area contributed by atoms with Crippen molar-refractivity contribution in [1.82, 2.24) is 10.6 Å². The number of guanidine groups is 1. The highest BCUT2D eigenvalue weighted by Crippen LogP contribution is 2.15. The Hall–Kier alpha value is -1.12. The van der Waals surface area contributed by atoms with Gasteiger partial charge in [0.1, 0.15) is 0 Å². The van der Waals surface area contributed by atoms with Crippen LogP contribution in [0.3, 0.4) is 0 Å². The van der Waals surface area contributed by atoms with E-state index < -0.39 is 9.84 Å². The van der Waals surface area contributed by atoms with Gasteiger partial charge in [0.15, 0.2) is 15.8 Å². The van der Waals surface area contributed by atoms with Crippen molar-refractivity contribution in [1.29, 1.82) is 0 Å². The van der Waals surface area contributed by atoms with E-state index in [2.05, 4.69) is 31.6 Å². The van der Waals surface area contributed by atoms with E-state index in [4.69, 9.17) is 4.74 Å². The highest BCUT2D eigenvalue weighted by atomic mass is 79.9. The smallest absolute Gasteiger partial charge is 0.191 e. The van der Waals surface area contributed by atoms with Crippen molar-refractivity contribution in [2.45, 2.75) is 11.8 Å². The Morgan fingerprint density at radius 3 is 2.45 bits per heavy atom. The van der Waals surface area contributed by atoms with Crippen molar-refractivity contribution in [3.63, 3.8) is 0 Å². The first-order valence-corrected chi connectivity index (χ1v) is 9.44. The first kappa shape index (κ1) is 18.9. The fraction of sp³-hybridized carbons (Fsp3) is 0.500. The van der Waals surface area contributed by atoms with Crippen LogP contribution >= 0.6 is 15.9 Å². The second kappa shape index (κ2) is 9.81. The van der Waals surface area contributed by atoms with Crippen LogP contribution in [0.25, 0.3) is 0 Å². The van der Waals surface area contributed by atoms with Gasteiger partial charge in [-0.05, 0) is 31.2 Å². The Kier molecular flexibility index (Phi) is 8.44. The predicted molar refractivity (Wildman–Crippen MR) is 92.1 cm³/mol. The molecule has 0 saturated heterocycles. The van der Waals surface area contributed by atoms with E-state index in [0.29, 0.717) is 30.6 Å². The molecular formula is C14H22BrN3O3S. The van der Waals surface area contributed by atoms with E-state index in [9.17, 15) is 8.42 Å². The van der Waals surface area contributed by atoms with Crippen molar-refractivity contribution in [2.24, 2.45) is 4.99 Å². The molecule has 0 aliphatic heterocycles. The zero-order valence-corrected chi connectivity index (χ0v) is 15.2. The Bertz CT molecular complexity index is 574. The maximum Gasteiger partial charge on any atom is 0.191 e. The molecule has 0 unspecified atom stereocenters. The molecule has 0 saturated carbocycles. The summed E-state index contributed by atoms with van der Waals surface area (Å²) < 4.78 is 30.4. The summed E-state index contributed by atoms with van der Waals surface area (Å²) in [6.07, 6.45) is 0. The zero-order chi connectivity index (χ0) is 16.4. The lowest BCUT2D eigenvalue weighted by molar-refractivity contribution is 0.152. The van der Waals surface area contributed by atoms with Gasteiger partial charge in [0.2, 0.25) is 0 Å². The fourth-order valence-electron chi connectivity index (χ4n) is 1.67. The maximum atomic E-state index is 12.2. The van der Waals surface area contributed by atoms with Gasteiger partial charge in [0, 0.05) is 31.2 Å². The first-order valence-electron chi connectivity index (χ1n) is 7.00. The molecule has 8 heteroatoms. The predicted octanol–water partition coefficient (Wildman–Crippen LogP) is 1.42. The van der Waals surface area contributed by atoms with Crippen molar-refractivity contribution >= 4 is 31.7 Å². The van der Waals surface area contributed by atoms with E-state index >= 15 is 0 Å². The van der Waals surface area contributed by atoms with E-state index in [0.717, 1.165) is 4.47 Å². The Morgan fingerprint density at radius 2 is 1.86 bits per heavy atom. The molecule has 0 spiro atoms. The minimum atomic E-state index is -3.30. The molecule has 124 valence electrons. The minimum Gasteiger partial charge on any atom is -0.380 e. The Balaban J connectivity index is 2.42. The van der Waals surface area contributed by atoms with E-state index in [1.54, 1.807) is 31.3 Å². The topological polar surface area (TPSA) is 79.8 Å². The summed E-state index contributed by atoms with van der Waals surface area (Å²) in [6.45, 7) is 4.08. The molecule has 2 N–H and O–H groups in total. The van der Waals surface area contributed by atoms with Crippen molar-refractivity contribution in [3.05, 3.63) is 28.7 Å². The van der Waals surface area contributed by atoms with Crippen LogP contribution in [0.15, 0.2) is 38.6 Å². The lowest BCUT2D eigenvalue weighted by Crippen LogP contribution is -2.40. The maximum absolute atomic E-state index is 12.2.